The van der Waals surface area contributed by atoms with E-state index in [0.717, 1.165) is 22.6 Å². The minimum Gasteiger partial charge on any atom is -0.550 e. The van der Waals surface area contributed by atoms with Gasteiger partial charge >= 0.3 is 0 Å². The molecule has 3 heteroatoms. The second kappa shape index (κ2) is 6.98. The molecular formula is C22H22NO2-. The summed E-state index contributed by atoms with van der Waals surface area (Å²) in [4.78, 5) is 10.9. The first-order valence-electron chi connectivity index (χ1n) is 8.51. The van der Waals surface area contributed by atoms with Crippen LogP contribution in [0.5, 0.6) is 0 Å². The molecule has 0 aliphatic carbocycles. The number of rotatable bonds is 5. The van der Waals surface area contributed by atoms with E-state index in [-0.39, 0.29) is 6.42 Å². The Morgan fingerprint density at radius 2 is 1.64 bits per heavy atom. The molecule has 0 saturated heterocycles. The Morgan fingerprint density at radius 1 is 0.920 bits per heavy atom. The maximum atomic E-state index is 10.9. The molecule has 0 aliphatic rings. The van der Waals surface area contributed by atoms with Crippen molar-refractivity contribution in [1.82, 2.24) is 4.57 Å². The summed E-state index contributed by atoms with van der Waals surface area (Å²) in [7, 11) is 0. The fourth-order valence-corrected chi connectivity index (χ4v) is 3.02. The molecule has 25 heavy (non-hydrogen) atoms. The molecule has 0 atom stereocenters. The first-order valence-corrected chi connectivity index (χ1v) is 8.51. The van der Waals surface area contributed by atoms with Gasteiger partial charge in [0, 0.05) is 17.4 Å². The van der Waals surface area contributed by atoms with Crippen molar-refractivity contribution in [2.45, 2.75) is 33.6 Å². The lowest BCUT2D eigenvalue weighted by Gasteiger charge is -2.16. The second-order valence-corrected chi connectivity index (χ2v) is 6.55. The Hall–Kier alpha value is -2.81. The number of carbonyl (C=O) groups excluding carboxylic acids is 1. The van der Waals surface area contributed by atoms with E-state index in [1.54, 1.807) is 0 Å². The summed E-state index contributed by atoms with van der Waals surface area (Å²) in [6.45, 7) is 6.25. The summed E-state index contributed by atoms with van der Waals surface area (Å²) < 4.78 is 2.15. The molecular weight excluding hydrogens is 310 g/mol. The summed E-state index contributed by atoms with van der Waals surface area (Å²) in [6.07, 6.45) is 0.462. The van der Waals surface area contributed by atoms with Crippen molar-refractivity contribution in [1.29, 1.82) is 0 Å². The van der Waals surface area contributed by atoms with E-state index in [1.165, 1.54) is 16.7 Å². The fourth-order valence-electron chi connectivity index (χ4n) is 3.02. The molecule has 0 saturated carbocycles. The molecule has 3 nitrogen and oxygen atoms in total. The average molecular weight is 332 g/mol. The van der Waals surface area contributed by atoms with Gasteiger partial charge in [-0.15, -0.1) is 0 Å². The number of hydrogen-bond donors (Lipinski definition) is 0. The van der Waals surface area contributed by atoms with Crippen LogP contribution in [0.1, 0.15) is 28.8 Å². The lowest BCUT2D eigenvalue weighted by atomic mass is 10.1. The summed E-state index contributed by atoms with van der Waals surface area (Å²) >= 11 is 0. The highest BCUT2D eigenvalue weighted by molar-refractivity contribution is 5.67. The third-order valence-electron chi connectivity index (χ3n) is 4.64. The highest BCUT2D eigenvalue weighted by atomic mass is 16.4. The van der Waals surface area contributed by atoms with Crippen LogP contribution in [-0.4, -0.2) is 10.5 Å². The standard InChI is InChI=1S/C22H23NO2/c1-15-4-7-18(8-5-15)21-12-10-19(11-13-22(24)25)23(21)20-9-6-16(2)17(3)14-20/h4-10,12,14H,11,13H2,1-3H3,(H,24,25)/p-1. The third-order valence-corrected chi connectivity index (χ3v) is 4.64. The zero-order valence-electron chi connectivity index (χ0n) is 14.9. The summed E-state index contributed by atoms with van der Waals surface area (Å²) in [5, 5.41) is 10.9. The molecule has 0 N–H and O–H groups in total. The van der Waals surface area contributed by atoms with Crippen LogP contribution in [0.3, 0.4) is 0 Å². The van der Waals surface area contributed by atoms with Gasteiger partial charge in [0.15, 0.2) is 0 Å². The first kappa shape index (κ1) is 17.0. The molecule has 0 amide bonds. The molecule has 0 bridgehead atoms. The van der Waals surface area contributed by atoms with Crippen LogP contribution in [0, 0.1) is 20.8 Å². The van der Waals surface area contributed by atoms with Crippen LogP contribution in [0.4, 0.5) is 0 Å². The van der Waals surface area contributed by atoms with Gasteiger partial charge in [0.05, 0.1) is 5.69 Å². The summed E-state index contributed by atoms with van der Waals surface area (Å²) in [5.41, 5.74) is 7.88. The Kier molecular flexibility index (Phi) is 4.75. The number of aryl methyl sites for hydroxylation is 4. The third kappa shape index (κ3) is 3.66. The summed E-state index contributed by atoms with van der Waals surface area (Å²) in [6, 6.07) is 18.8. The van der Waals surface area contributed by atoms with E-state index >= 15 is 0 Å². The molecule has 0 aliphatic heterocycles. The predicted octanol–water partition coefficient (Wildman–Crippen LogP) is 3.75. The van der Waals surface area contributed by atoms with Gasteiger partial charge in [-0.3, -0.25) is 0 Å². The largest absolute Gasteiger partial charge is 0.550 e. The van der Waals surface area contributed by atoms with Gasteiger partial charge in [-0.2, -0.15) is 0 Å². The van der Waals surface area contributed by atoms with Crippen LogP contribution >= 0.6 is 0 Å². The molecule has 1 aromatic heterocycles. The zero-order valence-corrected chi connectivity index (χ0v) is 14.9. The Morgan fingerprint density at radius 3 is 2.28 bits per heavy atom. The Labute approximate surface area is 148 Å². The number of nitrogens with zero attached hydrogens (tertiary/aromatic N) is 1. The number of hydrogen-bond acceptors (Lipinski definition) is 2. The van der Waals surface area contributed by atoms with Crippen molar-refractivity contribution in [2.75, 3.05) is 0 Å². The Bertz CT molecular complexity index is 904. The van der Waals surface area contributed by atoms with E-state index in [2.05, 4.69) is 73.9 Å². The normalized spacial score (nSPS) is 10.8. The number of aliphatic carboxylic acids is 1. The number of benzene rings is 2. The van der Waals surface area contributed by atoms with Gasteiger partial charge in [0.25, 0.3) is 0 Å². The SMILES string of the molecule is Cc1ccc(-c2ccc(CCC(=O)[O-])n2-c2ccc(C)c(C)c2)cc1. The highest BCUT2D eigenvalue weighted by Gasteiger charge is 2.12. The van der Waals surface area contributed by atoms with Gasteiger partial charge in [-0.05, 0) is 74.6 Å². The van der Waals surface area contributed by atoms with Crippen LogP contribution in [0.25, 0.3) is 16.9 Å². The molecule has 1 heterocycles. The lowest BCUT2D eigenvalue weighted by molar-refractivity contribution is -0.305. The minimum atomic E-state index is -1.02. The first-order chi connectivity index (χ1) is 12.0. The topological polar surface area (TPSA) is 45.1 Å². The fraction of sp³-hybridized carbons (Fsp3) is 0.227. The van der Waals surface area contributed by atoms with E-state index in [4.69, 9.17) is 0 Å². The molecule has 0 fully saturated rings. The second-order valence-electron chi connectivity index (χ2n) is 6.55. The number of carboxylic acid groups (broad SMARTS) is 1. The Balaban J connectivity index is 2.13. The molecule has 3 aromatic rings. The van der Waals surface area contributed by atoms with Gasteiger partial charge in [-0.25, -0.2) is 0 Å². The smallest absolute Gasteiger partial charge is 0.0531 e. The van der Waals surface area contributed by atoms with Gasteiger partial charge in [-0.1, -0.05) is 35.9 Å². The maximum absolute atomic E-state index is 10.9. The predicted molar refractivity (Wildman–Crippen MR) is 98.7 cm³/mol. The minimum absolute atomic E-state index is 0.0161. The van der Waals surface area contributed by atoms with E-state index in [0.29, 0.717) is 6.42 Å². The van der Waals surface area contributed by atoms with Gasteiger partial charge in [0.1, 0.15) is 0 Å². The molecule has 128 valence electrons. The number of carboxylic acids is 1. The molecule has 3 rings (SSSR count). The van der Waals surface area contributed by atoms with Gasteiger partial charge in [0.2, 0.25) is 0 Å². The van der Waals surface area contributed by atoms with Crippen molar-refractivity contribution in [3.63, 3.8) is 0 Å². The van der Waals surface area contributed by atoms with Crippen molar-refractivity contribution < 1.29 is 9.90 Å². The number of carbonyl (C=O) groups is 1. The zero-order chi connectivity index (χ0) is 18.0. The molecule has 2 aromatic carbocycles. The lowest BCUT2D eigenvalue weighted by Crippen LogP contribution is -2.22. The highest BCUT2D eigenvalue weighted by Crippen LogP contribution is 2.28. The maximum Gasteiger partial charge on any atom is 0.0531 e. The van der Waals surface area contributed by atoms with E-state index in [9.17, 15) is 9.90 Å². The average Bonchev–Trinajstić information content (AvgIpc) is 3.00. The van der Waals surface area contributed by atoms with Crippen LogP contribution < -0.4 is 5.11 Å². The van der Waals surface area contributed by atoms with E-state index < -0.39 is 5.97 Å². The molecule has 0 radical (unpaired) electrons. The van der Waals surface area contributed by atoms with Crippen LogP contribution in [-0.2, 0) is 11.2 Å². The molecule has 0 spiro atoms. The van der Waals surface area contributed by atoms with Crippen LogP contribution in [0.15, 0.2) is 54.6 Å². The van der Waals surface area contributed by atoms with Crippen molar-refractivity contribution in [2.24, 2.45) is 0 Å². The molecule has 0 unspecified atom stereocenters. The monoisotopic (exact) mass is 332 g/mol. The van der Waals surface area contributed by atoms with Crippen LogP contribution in [0.2, 0.25) is 0 Å². The van der Waals surface area contributed by atoms with Crippen molar-refractivity contribution in [3.8, 4) is 16.9 Å². The van der Waals surface area contributed by atoms with Gasteiger partial charge < -0.3 is 14.5 Å². The number of aromatic nitrogens is 1. The van der Waals surface area contributed by atoms with Crippen molar-refractivity contribution in [3.05, 3.63) is 77.0 Å². The quantitative estimate of drug-likeness (QED) is 0.714. The van der Waals surface area contributed by atoms with E-state index in [1.807, 2.05) is 6.07 Å². The summed E-state index contributed by atoms with van der Waals surface area (Å²) in [5.74, 6) is -1.02. The van der Waals surface area contributed by atoms with Crippen molar-refractivity contribution >= 4 is 5.97 Å².